The fourth-order valence-corrected chi connectivity index (χ4v) is 2.98. The lowest BCUT2D eigenvalue weighted by atomic mass is 10.1. The first-order valence-corrected chi connectivity index (χ1v) is 8.27. The van der Waals surface area contributed by atoms with E-state index in [0.29, 0.717) is 24.4 Å². The van der Waals surface area contributed by atoms with E-state index in [-0.39, 0.29) is 6.03 Å². The van der Waals surface area contributed by atoms with Crippen LogP contribution in [0.25, 0.3) is 5.82 Å². The van der Waals surface area contributed by atoms with Crippen LogP contribution in [0.4, 0.5) is 4.79 Å². The van der Waals surface area contributed by atoms with E-state index in [1.54, 1.807) is 18.7 Å². The van der Waals surface area contributed by atoms with Gasteiger partial charge in [-0.1, -0.05) is 6.07 Å². The molecule has 120 valence electrons. The molecule has 0 unspecified atom stereocenters. The standard InChI is InChI=1S/C17H21N5O/c23-17(21-16(13-2-3-13)14-4-5-14)20-10-12-1-6-15(19-9-12)22-8-7-18-11-22/h1,6-9,11,13-14,16H,2-5,10H2,(H2,20,21,23). The number of imidazole rings is 1. The minimum Gasteiger partial charge on any atom is -0.335 e. The molecule has 2 aliphatic carbocycles. The monoisotopic (exact) mass is 311 g/mol. The molecule has 6 nitrogen and oxygen atoms in total. The molecule has 4 rings (SSSR count). The SMILES string of the molecule is O=C(NCc1ccc(-n2ccnc2)nc1)NC(C1CC1)C1CC1. The van der Waals surface area contributed by atoms with Gasteiger partial charge in [0.2, 0.25) is 0 Å². The summed E-state index contributed by atoms with van der Waals surface area (Å²) in [5, 5.41) is 6.10. The zero-order valence-corrected chi connectivity index (χ0v) is 13.0. The summed E-state index contributed by atoms with van der Waals surface area (Å²) in [6.07, 6.45) is 12.1. The Balaban J connectivity index is 1.29. The summed E-state index contributed by atoms with van der Waals surface area (Å²) in [5.74, 6) is 2.24. The number of urea groups is 1. The lowest BCUT2D eigenvalue weighted by Gasteiger charge is -2.18. The number of carbonyl (C=O) groups is 1. The second-order valence-corrected chi connectivity index (χ2v) is 6.52. The molecule has 2 amide bonds. The molecule has 0 aromatic carbocycles. The molecule has 0 spiro atoms. The normalized spacial score (nSPS) is 17.3. The van der Waals surface area contributed by atoms with E-state index in [1.807, 2.05) is 22.9 Å². The van der Waals surface area contributed by atoms with E-state index in [1.165, 1.54) is 25.7 Å². The van der Waals surface area contributed by atoms with Crippen molar-refractivity contribution >= 4 is 6.03 Å². The molecule has 2 aliphatic rings. The second-order valence-electron chi connectivity index (χ2n) is 6.52. The molecular weight excluding hydrogens is 290 g/mol. The van der Waals surface area contributed by atoms with Crippen LogP contribution in [0.2, 0.25) is 0 Å². The Kier molecular flexibility index (Phi) is 3.73. The lowest BCUT2D eigenvalue weighted by molar-refractivity contribution is 0.233. The van der Waals surface area contributed by atoms with Gasteiger partial charge in [0.25, 0.3) is 0 Å². The maximum atomic E-state index is 12.1. The number of amides is 2. The van der Waals surface area contributed by atoms with Crippen LogP contribution in [0.5, 0.6) is 0 Å². The van der Waals surface area contributed by atoms with Crippen molar-refractivity contribution in [1.82, 2.24) is 25.2 Å². The van der Waals surface area contributed by atoms with Crippen LogP contribution in [-0.2, 0) is 6.54 Å². The molecule has 2 N–H and O–H groups in total. The van der Waals surface area contributed by atoms with Crippen molar-refractivity contribution < 1.29 is 4.79 Å². The van der Waals surface area contributed by atoms with Crippen molar-refractivity contribution in [3.05, 3.63) is 42.6 Å². The topological polar surface area (TPSA) is 71.8 Å². The summed E-state index contributed by atoms with van der Waals surface area (Å²) >= 11 is 0. The van der Waals surface area contributed by atoms with Gasteiger partial charge in [-0.2, -0.15) is 0 Å². The van der Waals surface area contributed by atoms with Gasteiger partial charge in [-0.3, -0.25) is 4.57 Å². The van der Waals surface area contributed by atoms with Gasteiger partial charge in [0, 0.05) is 31.2 Å². The Morgan fingerprint density at radius 2 is 2.04 bits per heavy atom. The highest BCUT2D eigenvalue weighted by Gasteiger charge is 2.42. The first-order chi connectivity index (χ1) is 11.3. The van der Waals surface area contributed by atoms with Crippen molar-refractivity contribution in [2.45, 2.75) is 38.3 Å². The van der Waals surface area contributed by atoms with Gasteiger partial charge in [0.15, 0.2) is 0 Å². The molecule has 6 heteroatoms. The molecule has 0 atom stereocenters. The third-order valence-corrected chi connectivity index (χ3v) is 4.59. The van der Waals surface area contributed by atoms with Gasteiger partial charge >= 0.3 is 6.03 Å². The summed E-state index contributed by atoms with van der Waals surface area (Å²) in [5.41, 5.74) is 0.985. The second kappa shape index (κ2) is 6.02. The van der Waals surface area contributed by atoms with E-state index < -0.39 is 0 Å². The van der Waals surface area contributed by atoms with E-state index in [9.17, 15) is 4.79 Å². The zero-order chi connectivity index (χ0) is 15.6. The summed E-state index contributed by atoms with van der Waals surface area (Å²) in [7, 11) is 0. The number of pyridine rings is 1. The molecule has 0 radical (unpaired) electrons. The van der Waals surface area contributed by atoms with Gasteiger partial charge in [-0.15, -0.1) is 0 Å². The highest BCUT2D eigenvalue weighted by Crippen LogP contribution is 2.44. The van der Waals surface area contributed by atoms with E-state index in [4.69, 9.17) is 0 Å². The van der Waals surface area contributed by atoms with Gasteiger partial charge in [0.05, 0.1) is 0 Å². The van der Waals surface area contributed by atoms with Crippen LogP contribution < -0.4 is 10.6 Å². The highest BCUT2D eigenvalue weighted by molar-refractivity contribution is 5.74. The highest BCUT2D eigenvalue weighted by atomic mass is 16.2. The fourth-order valence-electron chi connectivity index (χ4n) is 2.98. The number of hydrogen-bond acceptors (Lipinski definition) is 3. The van der Waals surface area contributed by atoms with Crippen LogP contribution in [0.1, 0.15) is 31.2 Å². The first kappa shape index (κ1) is 14.2. The van der Waals surface area contributed by atoms with Gasteiger partial charge in [-0.05, 0) is 49.1 Å². The predicted molar refractivity (Wildman–Crippen MR) is 86.0 cm³/mol. The van der Waals surface area contributed by atoms with Gasteiger partial charge < -0.3 is 10.6 Å². The quantitative estimate of drug-likeness (QED) is 0.859. The van der Waals surface area contributed by atoms with Crippen LogP contribution in [0.3, 0.4) is 0 Å². The summed E-state index contributed by atoms with van der Waals surface area (Å²) in [4.78, 5) is 20.5. The maximum absolute atomic E-state index is 12.1. The zero-order valence-electron chi connectivity index (χ0n) is 13.0. The Bertz CT molecular complexity index is 647. The van der Waals surface area contributed by atoms with Crippen LogP contribution >= 0.6 is 0 Å². The summed E-state index contributed by atoms with van der Waals surface area (Å²) in [6.45, 7) is 0.491. The maximum Gasteiger partial charge on any atom is 0.315 e. The van der Waals surface area contributed by atoms with E-state index >= 15 is 0 Å². The van der Waals surface area contributed by atoms with Crippen molar-refractivity contribution in [3.63, 3.8) is 0 Å². The number of aromatic nitrogens is 3. The molecule has 0 saturated heterocycles. The molecule has 0 bridgehead atoms. The molecule has 2 fully saturated rings. The Morgan fingerprint density at radius 3 is 2.61 bits per heavy atom. The molecule has 2 aromatic heterocycles. The average Bonchev–Trinajstić information content (AvgIpc) is 3.51. The van der Waals surface area contributed by atoms with Crippen molar-refractivity contribution in [2.75, 3.05) is 0 Å². The lowest BCUT2D eigenvalue weighted by Crippen LogP contribution is -2.44. The third kappa shape index (κ3) is 3.52. The van der Waals surface area contributed by atoms with Crippen LogP contribution in [0.15, 0.2) is 37.1 Å². The summed E-state index contributed by atoms with van der Waals surface area (Å²) in [6, 6.07) is 4.22. The van der Waals surface area contributed by atoms with Crippen molar-refractivity contribution in [3.8, 4) is 5.82 Å². The fraction of sp³-hybridized carbons (Fsp3) is 0.471. The Hall–Kier alpha value is -2.37. The average molecular weight is 311 g/mol. The van der Waals surface area contributed by atoms with E-state index in [2.05, 4.69) is 20.6 Å². The minimum absolute atomic E-state index is 0.0625. The number of carbonyl (C=O) groups excluding carboxylic acids is 1. The molecule has 2 heterocycles. The minimum atomic E-state index is -0.0625. The van der Waals surface area contributed by atoms with Crippen molar-refractivity contribution in [1.29, 1.82) is 0 Å². The van der Waals surface area contributed by atoms with Gasteiger partial charge in [0.1, 0.15) is 12.1 Å². The molecule has 0 aliphatic heterocycles. The molecule has 2 aromatic rings. The van der Waals surface area contributed by atoms with E-state index in [0.717, 1.165) is 11.4 Å². The van der Waals surface area contributed by atoms with Crippen molar-refractivity contribution in [2.24, 2.45) is 11.8 Å². The van der Waals surface area contributed by atoms with Crippen LogP contribution in [0, 0.1) is 11.8 Å². The molecule has 2 saturated carbocycles. The smallest absolute Gasteiger partial charge is 0.315 e. The largest absolute Gasteiger partial charge is 0.335 e. The number of nitrogens with zero attached hydrogens (tertiary/aromatic N) is 3. The predicted octanol–water partition coefficient (Wildman–Crippen LogP) is 2.26. The Labute approximate surface area is 135 Å². The number of nitrogens with one attached hydrogen (secondary N) is 2. The Morgan fingerprint density at radius 1 is 1.26 bits per heavy atom. The number of hydrogen-bond donors (Lipinski definition) is 2. The molecular formula is C17H21N5O. The number of rotatable bonds is 6. The summed E-state index contributed by atoms with van der Waals surface area (Å²) < 4.78 is 1.85. The molecule has 23 heavy (non-hydrogen) atoms. The van der Waals surface area contributed by atoms with Gasteiger partial charge in [-0.25, -0.2) is 14.8 Å². The third-order valence-electron chi connectivity index (χ3n) is 4.59. The first-order valence-electron chi connectivity index (χ1n) is 8.27. The van der Waals surface area contributed by atoms with Crippen LogP contribution in [-0.4, -0.2) is 26.6 Å².